The summed E-state index contributed by atoms with van der Waals surface area (Å²) in [7, 11) is 0. The maximum Gasteiger partial charge on any atom is 0.310 e. The summed E-state index contributed by atoms with van der Waals surface area (Å²) in [5.74, 6) is -1.05. The van der Waals surface area contributed by atoms with Crippen molar-refractivity contribution in [3.05, 3.63) is 97.2 Å². The molecule has 0 aromatic heterocycles. The molecule has 0 aromatic rings. The van der Waals surface area contributed by atoms with Crippen LogP contribution in [0.4, 0.5) is 0 Å². The fraction of sp³-hybridized carbons (Fsp3) is 0.703. The molecule has 0 aliphatic carbocycles. The first kappa shape index (κ1) is 66.3. The average Bonchev–Trinajstić information content (AvgIpc) is 3.36. The molecule has 0 aromatic carbocycles. The van der Waals surface area contributed by atoms with Gasteiger partial charge in [-0.3, -0.25) is 14.4 Å². The highest BCUT2D eigenvalue weighted by molar-refractivity contribution is 5.72. The molecule has 0 fully saturated rings. The van der Waals surface area contributed by atoms with E-state index in [2.05, 4.69) is 106 Å². The van der Waals surface area contributed by atoms with E-state index in [1.807, 2.05) is 6.08 Å². The van der Waals surface area contributed by atoms with Crippen LogP contribution in [0.1, 0.15) is 271 Å². The fourth-order valence-corrected chi connectivity index (χ4v) is 8.00. The second-order valence-corrected chi connectivity index (χ2v) is 19.2. The van der Waals surface area contributed by atoms with E-state index in [1.54, 1.807) is 6.08 Å². The fourth-order valence-electron chi connectivity index (χ4n) is 8.00. The van der Waals surface area contributed by atoms with E-state index in [-0.39, 0.29) is 31.6 Å². The standard InChI is InChI=1S/C64H108O6/c1-4-7-10-13-16-19-21-23-25-26-27-28-29-30-31-32-33-34-35-36-37-38-40-41-43-45-48-51-54-57-63(66)69-60-61(59-68-62(65)56-53-50-47-18-15-12-9-6-3)70-64(67)58-55-52-49-46-44-42-39-24-22-20-17-14-11-8-5-2/h8,11,17,20-21,23-24,26-27,29-30,39,44,46,52,55,61H,4-7,9-10,12-16,18-19,22,25,28,31-38,40-43,45,47-51,53-54,56-60H2,1-3H3/b11-8-,20-17-,23-21-,27-26-,30-29-,39-24-,46-44-,55-52-. The van der Waals surface area contributed by atoms with Crippen LogP contribution in [-0.2, 0) is 28.6 Å². The molecule has 6 heteroatoms. The normalized spacial score (nSPS) is 12.8. The molecule has 0 rings (SSSR count). The van der Waals surface area contributed by atoms with Gasteiger partial charge in [0, 0.05) is 12.8 Å². The molecule has 0 bridgehead atoms. The second kappa shape index (κ2) is 57.9. The monoisotopic (exact) mass is 973 g/mol. The molecule has 0 aliphatic rings. The van der Waals surface area contributed by atoms with Crippen molar-refractivity contribution in [3.8, 4) is 0 Å². The Morgan fingerprint density at radius 3 is 0.943 bits per heavy atom. The van der Waals surface area contributed by atoms with Crippen LogP contribution in [-0.4, -0.2) is 37.2 Å². The lowest BCUT2D eigenvalue weighted by atomic mass is 10.0. The minimum Gasteiger partial charge on any atom is -0.462 e. The summed E-state index contributed by atoms with van der Waals surface area (Å²) in [4.78, 5) is 37.9. The Bertz CT molecular complexity index is 1400. The summed E-state index contributed by atoms with van der Waals surface area (Å²) < 4.78 is 16.7. The topological polar surface area (TPSA) is 78.9 Å². The predicted octanol–water partition coefficient (Wildman–Crippen LogP) is 19.7. The van der Waals surface area contributed by atoms with E-state index in [0.717, 1.165) is 83.5 Å². The number of allylic oxidation sites excluding steroid dienone is 15. The van der Waals surface area contributed by atoms with Crippen LogP contribution < -0.4 is 0 Å². The lowest BCUT2D eigenvalue weighted by Crippen LogP contribution is -2.30. The third-order valence-electron chi connectivity index (χ3n) is 12.4. The second-order valence-electron chi connectivity index (χ2n) is 19.2. The van der Waals surface area contributed by atoms with Gasteiger partial charge in [0.15, 0.2) is 6.10 Å². The van der Waals surface area contributed by atoms with Gasteiger partial charge in [-0.1, -0.05) is 266 Å². The Kier molecular flexibility index (Phi) is 54.9. The van der Waals surface area contributed by atoms with Gasteiger partial charge in [-0.15, -0.1) is 0 Å². The average molecular weight is 974 g/mol. The van der Waals surface area contributed by atoms with Crippen molar-refractivity contribution in [2.24, 2.45) is 0 Å². The summed E-state index contributed by atoms with van der Waals surface area (Å²) >= 11 is 0. The van der Waals surface area contributed by atoms with Crippen LogP contribution >= 0.6 is 0 Å². The van der Waals surface area contributed by atoms with E-state index < -0.39 is 12.1 Å². The van der Waals surface area contributed by atoms with Crippen molar-refractivity contribution < 1.29 is 28.6 Å². The van der Waals surface area contributed by atoms with Gasteiger partial charge < -0.3 is 14.2 Å². The molecule has 400 valence electrons. The smallest absolute Gasteiger partial charge is 0.310 e. The molecular weight excluding hydrogens is 865 g/mol. The third kappa shape index (κ3) is 55.3. The molecular formula is C64H108O6. The Morgan fingerprint density at radius 1 is 0.314 bits per heavy atom. The van der Waals surface area contributed by atoms with Crippen molar-refractivity contribution >= 4 is 17.9 Å². The molecule has 1 atom stereocenters. The first-order chi connectivity index (χ1) is 34.5. The zero-order chi connectivity index (χ0) is 50.7. The van der Waals surface area contributed by atoms with Gasteiger partial charge in [-0.2, -0.15) is 0 Å². The van der Waals surface area contributed by atoms with Gasteiger partial charge in [-0.25, -0.2) is 0 Å². The van der Waals surface area contributed by atoms with E-state index in [1.165, 1.54) is 148 Å². The molecule has 0 amide bonds. The molecule has 0 heterocycles. The zero-order valence-electron chi connectivity index (χ0n) is 45.8. The van der Waals surface area contributed by atoms with E-state index in [9.17, 15) is 14.4 Å². The highest BCUT2D eigenvalue weighted by atomic mass is 16.6. The lowest BCUT2D eigenvalue weighted by Gasteiger charge is -2.18. The third-order valence-corrected chi connectivity index (χ3v) is 12.4. The van der Waals surface area contributed by atoms with E-state index in [0.29, 0.717) is 12.8 Å². The first-order valence-electron chi connectivity index (χ1n) is 29.2. The lowest BCUT2D eigenvalue weighted by molar-refractivity contribution is -0.166. The minimum atomic E-state index is -0.829. The minimum absolute atomic E-state index is 0.0969. The van der Waals surface area contributed by atoms with Crippen LogP contribution in [0, 0.1) is 0 Å². The van der Waals surface area contributed by atoms with Crippen LogP contribution in [0.2, 0.25) is 0 Å². The quantitative estimate of drug-likeness (QED) is 0.0262. The predicted molar refractivity (Wildman–Crippen MR) is 302 cm³/mol. The highest BCUT2D eigenvalue weighted by Crippen LogP contribution is 2.15. The van der Waals surface area contributed by atoms with Gasteiger partial charge in [0.2, 0.25) is 0 Å². The van der Waals surface area contributed by atoms with Gasteiger partial charge >= 0.3 is 17.9 Å². The van der Waals surface area contributed by atoms with Crippen molar-refractivity contribution in [2.45, 2.75) is 277 Å². The number of hydrogen-bond acceptors (Lipinski definition) is 6. The van der Waals surface area contributed by atoms with Crippen LogP contribution in [0.25, 0.3) is 0 Å². The van der Waals surface area contributed by atoms with Crippen LogP contribution in [0.15, 0.2) is 97.2 Å². The largest absolute Gasteiger partial charge is 0.462 e. The first-order valence-corrected chi connectivity index (χ1v) is 29.2. The number of esters is 3. The van der Waals surface area contributed by atoms with Crippen molar-refractivity contribution in [2.75, 3.05) is 13.2 Å². The van der Waals surface area contributed by atoms with Crippen molar-refractivity contribution in [1.82, 2.24) is 0 Å². The zero-order valence-corrected chi connectivity index (χ0v) is 45.8. The SMILES string of the molecule is CC/C=C\C/C=C\C/C=C\C/C=C\C/C=C\CC(=O)OC(COC(=O)CCCCCCCCCC)COC(=O)CCCCCCCCCCCCCCCC/C=C\C/C=C\C/C=C\CCCCCCC. The van der Waals surface area contributed by atoms with Gasteiger partial charge in [-0.05, 0) is 83.5 Å². The summed E-state index contributed by atoms with van der Waals surface area (Å²) in [6, 6.07) is 0. The Hall–Kier alpha value is -3.67. The van der Waals surface area contributed by atoms with E-state index in [4.69, 9.17) is 14.2 Å². The maximum absolute atomic E-state index is 12.7. The molecule has 0 spiro atoms. The number of carbonyl (C=O) groups is 3. The maximum atomic E-state index is 12.7. The van der Waals surface area contributed by atoms with Crippen LogP contribution in [0.5, 0.6) is 0 Å². The number of ether oxygens (including phenoxy) is 3. The molecule has 70 heavy (non-hydrogen) atoms. The molecule has 0 saturated carbocycles. The van der Waals surface area contributed by atoms with Gasteiger partial charge in [0.25, 0.3) is 0 Å². The Labute approximate surface area is 432 Å². The molecule has 6 nitrogen and oxygen atoms in total. The number of unbranched alkanes of at least 4 members (excludes halogenated alkanes) is 26. The van der Waals surface area contributed by atoms with Crippen LogP contribution in [0.3, 0.4) is 0 Å². The molecule has 0 saturated heterocycles. The number of rotatable bonds is 52. The summed E-state index contributed by atoms with van der Waals surface area (Å²) in [5, 5.41) is 0. The highest BCUT2D eigenvalue weighted by Gasteiger charge is 2.19. The van der Waals surface area contributed by atoms with Gasteiger partial charge in [0.1, 0.15) is 13.2 Å². The van der Waals surface area contributed by atoms with Gasteiger partial charge in [0.05, 0.1) is 6.42 Å². The molecule has 0 N–H and O–H groups in total. The Morgan fingerprint density at radius 2 is 0.600 bits per heavy atom. The summed E-state index contributed by atoms with van der Waals surface area (Å²) in [5.41, 5.74) is 0. The summed E-state index contributed by atoms with van der Waals surface area (Å²) in [6.45, 7) is 6.40. The number of hydrogen-bond donors (Lipinski definition) is 0. The van der Waals surface area contributed by atoms with E-state index >= 15 is 0 Å². The molecule has 0 aliphatic heterocycles. The van der Waals surface area contributed by atoms with Crippen molar-refractivity contribution in [3.63, 3.8) is 0 Å². The Balaban J connectivity index is 4.19. The molecule has 1 unspecified atom stereocenters. The summed E-state index contributed by atoms with van der Waals surface area (Å²) in [6.07, 6.45) is 77.4. The van der Waals surface area contributed by atoms with Crippen molar-refractivity contribution in [1.29, 1.82) is 0 Å². The molecule has 0 radical (unpaired) electrons. The number of carbonyl (C=O) groups excluding carboxylic acids is 3.